The first kappa shape index (κ1) is 21.9. The van der Waals surface area contributed by atoms with E-state index in [9.17, 15) is 0 Å². The summed E-state index contributed by atoms with van der Waals surface area (Å²) in [6, 6.07) is -0.119. The maximum absolute atomic E-state index is 6.05. The first-order valence-corrected chi connectivity index (χ1v) is 6.70. The lowest BCUT2D eigenvalue weighted by Crippen LogP contribution is -2.23. The molecule has 0 saturated carbocycles. The number of nitrogens with two attached hydrogens (primary N) is 1. The molecule has 0 saturated heterocycles. The van der Waals surface area contributed by atoms with Gasteiger partial charge in [-0.3, -0.25) is 0 Å². The van der Waals surface area contributed by atoms with Crippen molar-refractivity contribution in [3.8, 4) is 0 Å². The van der Waals surface area contributed by atoms with Gasteiger partial charge in [0.1, 0.15) is 0 Å². The molecule has 0 aromatic heterocycles. The molecule has 0 radical (unpaired) electrons. The van der Waals surface area contributed by atoms with Crippen LogP contribution in [0.5, 0.6) is 0 Å². The second kappa shape index (κ2) is 18.0. The Kier molecular flexibility index (Phi) is 21.9. The van der Waals surface area contributed by atoms with E-state index in [-0.39, 0.29) is 6.04 Å². The van der Waals surface area contributed by atoms with Gasteiger partial charge in [-0.2, -0.15) is 0 Å². The Morgan fingerprint density at radius 3 is 1.78 bits per heavy atom. The van der Waals surface area contributed by atoms with Gasteiger partial charge in [-0.25, -0.2) is 0 Å². The first-order valence-electron chi connectivity index (χ1n) is 6.70. The zero-order chi connectivity index (χ0) is 15.0. The minimum atomic E-state index is -0.119. The molecule has 0 aliphatic carbocycles. The maximum Gasteiger partial charge on any atom is 0.0548 e. The predicted octanol–water partition coefficient (Wildman–Crippen LogP) is 5.19. The van der Waals surface area contributed by atoms with Crippen LogP contribution in [0.15, 0.2) is 60.8 Å². The molecular weight excluding hydrogens is 218 g/mol. The lowest BCUT2D eigenvalue weighted by molar-refractivity contribution is 0.933. The maximum atomic E-state index is 6.05. The minimum absolute atomic E-state index is 0.119. The lowest BCUT2D eigenvalue weighted by atomic mass is 9.98. The van der Waals surface area contributed by atoms with E-state index in [1.54, 1.807) is 12.2 Å². The molecule has 2 N–H and O–H groups in total. The van der Waals surface area contributed by atoms with Crippen LogP contribution >= 0.6 is 0 Å². The Morgan fingerprint density at radius 2 is 1.50 bits per heavy atom. The van der Waals surface area contributed by atoms with E-state index in [1.165, 1.54) is 0 Å². The van der Waals surface area contributed by atoms with E-state index in [0.717, 1.165) is 11.1 Å². The van der Waals surface area contributed by atoms with Gasteiger partial charge in [-0.1, -0.05) is 77.3 Å². The van der Waals surface area contributed by atoms with Crippen molar-refractivity contribution in [1.29, 1.82) is 0 Å². The number of hydrogen-bond donors (Lipinski definition) is 1. The molecule has 0 heterocycles. The van der Waals surface area contributed by atoms with E-state index in [4.69, 9.17) is 5.73 Å². The van der Waals surface area contributed by atoms with Crippen LogP contribution in [-0.2, 0) is 0 Å². The largest absolute Gasteiger partial charge is 0.320 e. The topological polar surface area (TPSA) is 26.0 Å². The van der Waals surface area contributed by atoms with E-state index in [1.807, 2.05) is 65.8 Å². The van der Waals surface area contributed by atoms with Gasteiger partial charge in [0.15, 0.2) is 0 Å². The summed E-state index contributed by atoms with van der Waals surface area (Å²) in [5, 5.41) is 0. The molecule has 0 aliphatic heterocycles. The minimum Gasteiger partial charge on any atom is -0.320 e. The van der Waals surface area contributed by atoms with Crippen molar-refractivity contribution in [1.82, 2.24) is 0 Å². The highest BCUT2D eigenvalue weighted by atomic mass is 14.6. The van der Waals surface area contributed by atoms with Crippen LogP contribution < -0.4 is 5.73 Å². The molecule has 0 aromatic rings. The van der Waals surface area contributed by atoms with E-state index in [0.29, 0.717) is 0 Å². The van der Waals surface area contributed by atoms with Crippen molar-refractivity contribution in [3.63, 3.8) is 0 Å². The summed E-state index contributed by atoms with van der Waals surface area (Å²) in [6.45, 7) is 19.3. The van der Waals surface area contributed by atoms with Crippen LogP contribution in [0.1, 0.15) is 41.5 Å². The molecule has 18 heavy (non-hydrogen) atoms. The molecular formula is C17H31N. The fraction of sp³-hybridized carbons (Fsp3) is 0.412. The van der Waals surface area contributed by atoms with Crippen LogP contribution in [-0.4, -0.2) is 6.04 Å². The number of hydrogen-bond acceptors (Lipinski definition) is 1. The summed E-state index contributed by atoms with van der Waals surface area (Å²) in [5.41, 5.74) is 8.11. The molecule has 0 aromatic carbocycles. The van der Waals surface area contributed by atoms with Gasteiger partial charge >= 0.3 is 0 Å². The fourth-order valence-electron chi connectivity index (χ4n) is 1.20. The van der Waals surface area contributed by atoms with Crippen LogP contribution in [0.4, 0.5) is 0 Å². The standard InChI is InChI=1S/C13H19N.2C2H6/c1-5-9-11(7-3)13(14)12(8-4)10-6-2;2*1-2/h5-10,13H,1,3,14H2,2,4H3;2*1-2H3/b10-6-,11-9+,12-8+;;. The average molecular weight is 249 g/mol. The summed E-state index contributed by atoms with van der Waals surface area (Å²) < 4.78 is 0. The van der Waals surface area contributed by atoms with Crippen molar-refractivity contribution in [2.75, 3.05) is 0 Å². The van der Waals surface area contributed by atoms with Gasteiger partial charge in [-0.15, -0.1) is 0 Å². The Bertz CT molecular complexity index is 280. The molecule has 1 unspecified atom stereocenters. The molecule has 1 heteroatoms. The number of allylic oxidation sites excluding steroid dienone is 4. The van der Waals surface area contributed by atoms with Crippen molar-refractivity contribution < 1.29 is 0 Å². The Morgan fingerprint density at radius 1 is 1.00 bits per heavy atom. The summed E-state index contributed by atoms with van der Waals surface area (Å²) in [7, 11) is 0. The first-order chi connectivity index (χ1) is 8.71. The molecule has 0 aliphatic rings. The Balaban J connectivity index is -0.000000506. The van der Waals surface area contributed by atoms with Gasteiger partial charge in [-0.05, 0) is 25.0 Å². The molecule has 1 atom stereocenters. The second-order valence-corrected chi connectivity index (χ2v) is 2.87. The second-order valence-electron chi connectivity index (χ2n) is 2.87. The third-order valence-corrected chi connectivity index (χ3v) is 1.96. The van der Waals surface area contributed by atoms with E-state index in [2.05, 4.69) is 13.2 Å². The van der Waals surface area contributed by atoms with E-state index < -0.39 is 0 Å². The van der Waals surface area contributed by atoms with Crippen molar-refractivity contribution in [3.05, 3.63) is 60.8 Å². The molecule has 0 amide bonds. The molecule has 0 spiro atoms. The quantitative estimate of drug-likeness (QED) is 0.667. The van der Waals surface area contributed by atoms with Gasteiger partial charge in [0.25, 0.3) is 0 Å². The van der Waals surface area contributed by atoms with Gasteiger partial charge in [0, 0.05) is 0 Å². The fourth-order valence-corrected chi connectivity index (χ4v) is 1.20. The molecule has 104 valence electrons. The van der Waals surface area contributed by atoms with Gasteiger partial charge in [0.2, 0.25) is 0 Å². The zero-order valence-corrected chi connectivity index (χ0v) is 13.0. The smallest absolute Gasteiger partial charge is 0.0548 e. The van der Waals surface area contributed by atoms with Crippen molar-refractivity contribution in [2.45, 2.75) is 47.6 Å². The lowest BCUT2D eigenvalue weighted by Gasteiger charge is -2.13. The third kappa shape index (κ3) is 9.86. The molecule has 1 nitrogen and oxygen atoms in total. The monoisotopic (exact) mass is 249 g/mol. The number of rotatable bonds is 5. The van der Waals surface area contributed by atoms with E-state index >= 15 is 0 Å². The summed E-state index contributed by atoms with van der Waals surface area (Å²) in [6.07, 6.45) is 11.4. The third-order valence-electron chi connectivity index (χ3n) is 1.96. The zero-order valence-electron chi connectivity index (χ0n) is 13.0. The van der Waals surface area contributed by atoms with Gasteiger partial charge < -0.3 is 5.73 Å². The van der Waals surface area contributed by atoms with Gasteiger partial charge in [0.05, 0.1) is 6.04 Å². The Labute approximate surface area is 114 Å². The summed E-state index contributed by atoms with van der Waals surface area (Å²) in [5.74, 6) is 0. The molecule has 0 bridgehead atoms. The molecule has 0 rings (SSSR count). The summed E-state index contributed by atoms with van der Waals surface area (Å²) >= 11 is 0. The van der Waals surface area contributed by atoms with Crippen LogP contribution in [0.3, 0.4) is 0 Å². The highest BCUT2D eigenvalue weighted by Crippen LogP contribution is 2.12. The van der Waals surface area contributed by atoms with Crippen LogP contribution in [0, 0.1) is 0 Å². The molecule has 0 fully saturated rings. The Hall–Kier alpha value is -1.34. The summed E-state index contributed by atoms with van der Waals surface area (Å²) in [4.78, 5) is 0. The highest BCUT2D eigenvalue weighted by Gasteiger charge is 2.07. The highest BCUT2D eigenvalue weighted by molar-refractivity contribution is 5.39. The van der Waals surface area contributed by atoms with Crippen molar-refractivity contribution >= 4 is 0 Å². The van der Waals surface area contributed by atoms with Crippen LogP contribution in [0.25, 0.3) is 0 Å². The van der Waals surface area contributed by atoms with Crippen LogP contribution in [0.2, 0.25) is 0 Å². The SMILES string of the molecule is C=C/C=C(\C=C)C(N)C(/C=C\C)=C/C.CC.CC. The average Bonchev–Trinajstić information content (AvgIpc) is 2.45. The normalized spacial score (nSPS) is 12.8. The van der Waals surface area contributed by atoms with Crippen molar-refractivity contribution in [2.24, 2.45) is 5.73 Å². The predicted molar refractivity (Wildman–Crippen MR) is 87.7 cm³/mol.